The lowest BCUT2D eigenvalue weighted by molar-refractivity contribution is -0.121. The van der Waals surface area contributed by atoms with Gasteiger partial charge in [-0.05, 0) is 12.1 Å². The second-order valence-corrected chi connectivity index (χ2v) is 3.65. The van der Waals surface area contributed by atoms with Gasteiger partial charge >= 0.3 is 0 Å². The predicted molar refractivity (Wildman–Crippen MR) is 64.7 cm³/mol. The second kappa shape index (κ2) is 4.84. The lowest BCUT2D eigenvalue weighted by Crippen LogP contribution is -2.25. The fourth-order valence-corrected chi connectivity index (χ4v) is 1.67. The van der Waals surface area contributed by atoms with Gasteiger partial charge in [0.2, 0.25) is 5.91 Å². The number of amides is 1. The average Bonchev–Trinajstić information content (AvgIpc) is 2.39. The number of carbonyl (C=O) groups is 1. The first kappa shape index (κ1) is 11.4. The van der Waals surface area contributed by atoms with E-state index in [9.17, 15) is 4.79 Å². The van der Waals surface area contributed by atoms with Crippen LogP contribution in [0.25, 0.3) is 0 Å². The van der Waals surface area contributed by atoms with Crippen LogP contribution in [0.3, 0.4) is 0 Å². The maximum atomic E-state index is 11.0. The number of methoxy groups -OCH3 is 1. The summed E-state index contributed by atoms with van der Waals surface area (Å²) < 4.78 is 5.20. The van der Waals surface area contributed by atoms with Gasteiger partial charge in [-0.3, -0.25) is 10.6 Å². The Morgan fingerprint density at radius 3 is 2.88 bits per heavy atom. The molecule has 0 atom stereocenters. The van der Waals surface area contributed by atoms with Crippen LogP contribution < -0.4 is 21.4 Å². The largest absolute Gasteiger partial charge is 0.495 e. The smallest absolute Gasteiger partial charge is 0.240 e. The van der Waals surface area contributed by atoms with Gasteiger partial charge in [-0.2, -0.15) is 5.10 Å². The highest BCUT2D eigenvalue weighted by atomic mass is 16.5. The van der Waals surface area contributed by atoms with Crippen molar-refractivity contribution in [3.8, 4) is 5.75 Å². The highest BCUT2D eigenvalue weighted by Crippen LogP contribution is 2.25. The van der Waals surface area contributed by atoms with Crippen LogP contribution in [0.2, 0.25) is 0 Å². The van der Waals surface area contributed by atoms with E-state index in [-0.39, 0.29) is 5.91 Å². The molecule has 0 saturated carbocycles. The lowest BCUT2D eigenvalue weighted by Gasteiger charge is -2.14. The van der Waals surface area contributed by atoms with Gasteiger partial charge in [-0.25, -0.2) is 5.43 Å². The first-order chi connectivity index (χ1) is 8.24. The SMILES string of the molecule is COc1cc(C2=NNC(=O)CC2)ccc1NN. The van der Waals surface area contributed by atoms with Crippen molar-refractivity contribution in [1.82, 2.24) is 5.43 Å². The topological polar surface area (TPSA) is 88.7 Å². The molecule has 0 saturated heterocycles. The number of nitrogens with two attached hydrogens (primary N) is 1. The minimum absolute atomic E-state index is 0.0547. The number of hydrogen-bond acceptors (Lipinski definition) is 5. The van der Waals surface area contributed by atoms with Gasteiger partial charge in [0.1, 0.15) is 5.75 Å². The maximum Gasteiger partial charge on any atom is 0.240 e. The van der Waals surface area contributed by atoms with Crippen molar-refractivity contribution in [2.45, 2.75) is 12.8 Å². The van der Waals surface area contributed by atoms with Crippen LogP contribution in [0.5, 0.6) is 5.75 Å². The minimum Gasteiger partial charge on any atom is -0.495 e. The molecule has 0 fully saturated rings. The number of carbonyl (C=O) groups excluding carboxylic acids is 1. The third-order valence-corrected chi connectivity index (χ3v) is 2.59. The Morgan fingerprint density at radius 1 is 1.47 bits per heavy atom. The van der Waals surface area contributed by atoms with E-state index < -0.39 is 0 Å². The van der Waals surface area contributed by atoms with E-state index in [1.165, 1.54) is 0 Å². The molecule has 0 aliphatic carbocycles. The molecule has 1 aliphatic rings. The van der Waals surface area contributed by atoms with Crippen LogP contribution in [0, 0.1) is 0 Å². The lowest BCUT2D eigenvalue weighted by atomic mass is 10.0. The summed E-state index contributed by atoms with van der Waals surface area (Å²) in [6.45, 7) is 0. The van der Waals surface area contributed by atoms with Gasteiger partial charge in [-0.1, -0.05) is 6.07 Å². The van der Waals surface area contributed by atoms with E-state index in [0.29, 0.717) is 24.3 Å². The Kier molecular flexibility index (Phi) is 3.24. The highest BCUT2D eigenvalue weighted by molar-refractivity contribution is 6.04. The van der Waals surface area contributed by atoms with Crippen LogP contribution in [0.1, 0.15) is 18.4 Å². The molecule has 6 nitrogen and oxygen atoms in total. The van der Waals surface area contributed by atoms with Crippen molar-refractivity contribution in [2.24, 2.45) is 10.9 Å². The summed E-state index contributed by atoms with van der Waals surface area (Å²) in [6.07, 6.45) is 1.09. The van der Waals surface area contributed by atoms with Crippen molar-refractivity contribution in [3.05, 3.63) is 23.8 Å². The van der Waals surface area contributed by atoms with E-state index in [1.807, 2.05) is 18.2 Å². The van der Waals surface area contributed by atoms with E-state index in [1.54, 1.807) is 7.11 Å². The van der Waals surface area contributed by atoms with Crippen molar-refractivity contribution < 1.29 is 9.53 Å². The third kappa shape index (κ3) is 2.36. The van der Waals surface area contributed by atoms with Crippen molar-refractivity contribution in [1.29, 1.82) is 0 Å². The molecule has 1 aromatic rings. The molecule has 4 N–H and O–H groups in total. The molecule has 0 spiro atoms. The van der Waals surface area contributed by atoms with Gasteiger partial charge in [0.15, 0.2) is 0 Å². The van der Waals surface area contributed by atoms with Gasteiger partial charge in [0, 0.05) is 18.4 Å². The normalized spacial score (nSPS) is 14.9. The fourth-order valence-electron chi connectivity index (χ4n) is 1.67. The second-order valence-electron chi connectivity index (χ2n) is 3.65. The summed E-state index contributed by atoms with van der Waals surface area (Å²) in [5.74, 6) is 5.94. The predicted octanol–water partition coefficient (Wildman–Crippen LogP) is 0.595. The van der Waals surface area contributed by atoms with E-state index in [2.05, 4.69) is 16.0 Å². The van der Waals surface area contributed by atoms with Gasteiger partial charge in [0.05, 0.1) is 18.5 Å². The number of nitrogens with one attached hydrogen (secondary N) is 2. The highest BCUT2D eigenvalue weighted by Gasteiger charge is 2.14. The average molecular weight is 234 g/mol. The number of anilines is 1. The Bertz CT molecular complexity index is 471. The monoisotopic (exact) mass is 234 g/mol. The number of rotatable bonds is 3. The molecular formula is C11H14N4O2. The first-order valence-electron chi connectivity index (χ1n) is 5.25. The van der Waals surface area contributed by atoms with Crippen molar-refractivity contribution >= 4 is 17.3 Å². The Balaban J connectivity index is 2.30. The molecule has 1 aliphatic heterocycles. The quantitative estimate of drug-likeness (QED) is 0.527. The summed E-state index contributed by atoms with van der Waals surface area (Å²) in [5, 5.41) is 4.02. The van der Waals surface area contributed by atoms with Gasteiger partial charge in [0.25, 0.3) is 0 Å². The first-order valence-corrected chi connectivity index (χ1v) is 5.25. The summed E-state index contributed by atoms with van der Waals surface area (Å²) >= 11 is 0. The zero-order valence-electron chi connectivity index (χ0n) is 9.49. The molecule has 6 heteroatoms. The number of benzene rings is 1. The van der Waals surface area contributed by atoms with Crippen LogP contribution >= 0.6 is 0 Å². The molecule has 1 heterocycles. The number of hydrazone groups is 1. The van der Waals surface area contributed by atoms with E-state index >= 15 is 0 Å². The summed E-state index contributed by atoms with van der Waals surface area (Å²) in [4.78, 5) is 11.0. The molecular weight excluding hydrogens is 220 g/mol. The van der Waals surface area contributed by atoms with Crippen LogP contribution in [0.15, 0.2) is 23.3 Å². The molecule has 0 unspecified atom stereocenters. The number of hydrogen-bond donors (Lipinski definition) is 3. The minimum atomic E-state index is -0.0547. The third-order valence-electron chi connectivity index (χ3n) is 2.59. The number of ether oxygens (including phenoxy) is 1. The molecule has 17 heavy (non-hydrogen) atoms. The summed E-state index contributed by atoms with van der Waals surface area (Å²) in [6, 6.07) is 5.53. The fraction of sp³-hybridized carbons (Fsp3) is 0.273. The zero-order chi connectivity index (χ0) is 12.3. The van der Waals surface area contributed by atoms with Crippen molar-refractivity contribution in [2.75, 3.05) is 12.5 Å². The van der Waals surface area contributed by atoms with Gasteiger partial charge in [-0.15, -0.1) is 0 Å². The maximum absolute atomic E-state index is 11.0. The molecule has 0 aromatic heterocycles. The summed E-state index contributed by atoms with van der Waals surface area (Å²) in [5.41, 5.74) is 7.48. The van der Waals surface area contributed by atoms with E-state index in [4.69, 9.17) is 10.6 Å². The molecule has 1 aromatic carbocycles. The Hall–Kier alpha value is -2.08. The van der Waals surface area contributed by atoms with Crippen LogP contribution in [0.4, 0.5) is 5.69 Å². The van der Waals surface area contributed by atoms with Crippen LogP contribution in [-0.4, -0.2) is 18.7 Å². The molecule has 1 amide bonds. The standard InChI is InChI=1S/C11H14N4O2/c1-17-10-6-7(2-3-9(10)13-12)8-4-5-11(16)15-14-8/h2-3,6,13H,4-5,12H2,1H3,(H,15,16). The molecule has 0 radical (unpaired) electrons. The number of hydrazine groups is 1. The van der Waals surface area contributed by atoms with E-state index in [0.717, 1.165) is 11.3 Å². The van der Waals surface area contributed by atoms with Crippen molar-refractivity contribution in [3.63, 3.8) is 0 Å². The molecule has 2 rings (SSSR count). The molecule has 0 bridgehead atoms. The van der Waals surface area contributed by atoms with Gasteiger partial charge < -0.3 is 10.2 Å². The van der Waals surface area contributed by atoms with Crippen LogP contribution in [-0.2, 0) is 4.79 Å². The molecule has 90 valence electrons. The number of nitrogen functional groups attached to an aromatic ring is 1. The Labute approximate surface area is 98.8 Å². The zero-order valence-corrected chi connectivity index (χ0v) is 9.49. The summed E-state index contributed by atoms with van der Waals surface area (Å²) in [7, 11) is 1.57. The number of nitrogens with zero attached hydrogens (tertiary/aromatic N) is 1. The Morgan fingerprint density at radius 2 is 2.29 bits per heavy atom.